The van der Waals surface area contributed by atoms with Crippen LogP contribution in [0.4, 0.5) is 0 Å². The Morgan fingerprint density at radius 3 is 2.58 bits per heavy atom. The molecule has 1 atom stereocenters. The number of carbonyl (C=O) groups is 1. The Kier molecular flexibility index (Phi) is 3.65. The molecule has 2 nitrogen and oxygen atoms in total. The molecule has 1 amide bonds. The lowest BCUT2D eigenvalue weighted by Gasteiger charge is -2.34. The number of piperidine rings is 1. The molecule has 1 saturated heterocycles. The van der Waals surface area contributed by atoms with E-state index in [2.05, 4.69) is 50.5 Å². The maximum absolute atomic E-state index is 11.5. The smallest absolute Gasteiger partial charge is 0.225 e. The van der Waals surface area contributed by atoms with Crippen LogP contribution in [0.5, 0.6) is 0 Å². The largest absolute Gasteiger partial charge is 0.351 e. The number of hydrogen-bond acceptors (Lipinski definition) is 1. The molecule has 1 N–H and O–H groups in total. The van der Waals surface area contributed by atoms with Crippen molar-refractivity contribution >= 4 is 51.1 Å². The Morgan fingerprint density at radius 2 is 2.17 bits per heavy atom. The normalized spacial score (nSPS) is 28.8. The molecule has 12 heavy (non-hydrogen) atoms. The van der Waals surface area contributed by atoms with Gasteiger partial charge in [0.05, 0.1) is 1.93 Å². The second kappa shape index (κ2) is 3.98. The maximum Gasteiger partial charge on any atom is 0.225 e. The molecule has 0 bridgehead atoms. The molecule has 1 fully saturated rings. The van der Waals surface area contributed by atoms with Crippen molar-refractivity contribution in [2.45, 2.75) is 34.7 Å². The second-order valence-corrected chi connectivity index (χ2v) is 8.90. The number of halogens is 2. The Labute approximate surface area is 101 Å². The van der Waals surface area contributed by atoms with Gasteiger partial charge in [0.2, 0.25) is 5.91 Å². The van der Waals surface area contributed by atoms with E-state index in [0.29, 0.717) is 7.97 Å². The first-order valence-electron chi connectivity index (χ1n) is 4.02. The fraction of sp³-hybridized carbons (Fsp3) is 0.875. The van der Waals surface area contributed by atoms with Gasteiger partial charge in [-0.2, -0.15) is 0 Å². The van der Waals surface area contributed by atoms with Gasteiger partial charge in [0.1, 0.15) is 0 Å². The van der Waals surface area contributed by atoms with E-state index in [9.17, 15) is 4.79 Å². The van der Waals surface area contributed by atoms with Crippen LogP contribution < -0.4 is 5.32 Å². The van der Waals surface area contributed by atoms with Crippen molar-refractivity contribution < 1.29 is 4.79 Å². The summed E-state index contributed by atoms with van der Waals surface area (Å²) < 4.78 is 0.500. The van der Waals surface area contributed by atoms with E-state index in [1.165, 1.54) is 0 Å². The first-order valence-corrected chi connectivity index (χ1v) is 6.52. The highest BCUT2D eigenvalue weighted by Gasteiger charge is 2.35. The molecule has 1 unspecified atom stereocenters. The maximum atomic E-state index is 11.5. The molecule has 1 aliphatic heterocycles. The summed E-state index contributed by atoms with van der Waals surface area (Å²) in [6.45, 7) is 4.02. The third-order valence-electron chi connectivity index (χ3n) is 2.32. The van der Waals surface area contributed by atoms with Crippen LogP contribution in [0.1, 0.15) is 26.7 Å². The summed E-state index contributed by atoms with van der Waals surface area (Å²) in [5.41, 5.74) is -0.154. The monoisotopic (exact) mass is 393 g/mol. The van der Waals surface area contributed by atoms with E-state index < -0.39 is 0 Å². The fourth-order valence-corrected chi connectivity index (χ4v) is 2.33. The van der Waals surface area contributed by atoms with Crippen molar-refractivity contribution in [3.05, 3.63) is 0 Å². The lowest BCUT2D eigenvalue weighted by Crippen LogP contribution is -2.50. The molecular weight excluding hydrogens is 380 g/mol. The number of rotatable bonds is 1. The van der Waals surface area contributed by atoms with Crippen LogP contribution in [0.2, 0.25) is 0 Å². The van der Waals surface area contributed by atoms with Crippen molar-refractivity contribution in [2.24, 2.45) is 5.41 Å². The highest BCUT2D eigenvalue weighted by molar-refractivity contribution is 14.2. The van der Waals surface area contributed by atoms with Gasteiger partial charge in [-0.1, -0.05) is 59.0 Å². The average molecular weight is 393 g/mol. The molecule has 0 aliphatic carbocycles. The lowest BCUT2D eigenvalue weighted by atomic mass is 9.82. The van der Waals surface area contributed by atoms with Crippen molar-refractivity contribution in [3.63, 3.8) is 0 Å². The van der Waals surface area contributed by atoms with Gasteiger partial charge in [0, 0.05) is 11.5 Å². The van der Waals surface area contributed by atoms with Crippen LogP contribution in [0.25, 0.3) is 0 Å². The SMILES string of the molecule is CC1(C)CCC(C(I)I)NC1=O. The molecule has 1 rings (SSSR count). The molecule has 0 spiro atoms. The van der Waals surface area contributed by atoms with Gasteiger partial charge in [0.15, 0.2) is 0 Å². The first-order chi connectivity index (χ1) is 5.43. The number of amides is 1. The number of hydrogen-bond donors (Lipinski definition) is 1. The minimum absolute atomic E-state index is 0.154. The molecule has 4 heteroatoms. The van der Waals surface area contributed by atoms with E-state index in [0.717, 1.165) is 12.8 Å². The van der Waals surface area contributed by atoms with Gasteiger partial charge >= 0.3 is 0 Å². The van der Waals surface area contributed by atoms with Gasteiger partial charge in [-0.15, -0.1) is 0 Å². The van der Waals surface area contributed by atoms with Crippen molar-refractivity contribution in [1.29, 1.82) is 0 Å². The zero-order chi connectivity index (χ0) is 9.35. The topological polar surface area (TPSA) is 29.1 Å². The molecule has 1 heterocycles. The van der Waals surface area contributed by atoms with Gasteiger partial charge in [-0.3, -0.25) is 4.79 Å². The fourth-order valence-electron chi connectivity index (χ4n) is 1.25. The van der Waals surface area contributed by atoms with E-state index in [1.807, 2.05) is 13.8 Å². The molecule has 0 aromatic carbocycles. The predicted octanol–water partition coefficient (Wildman–Crippen LogP) is 2.49. The Balaban J connectivity index is 2.58. The molecule has 0 aromatic rings. The van der Waals surface area contributed by atoms with Crippen LogP contribution in [-0.4, -0.2) is 13.9 Å². The van der Waals surface area contributed by atoms with Crippen LogP contribution in [0.3, 0.4) is 0 Å². The summed E-state index contributed by atoms with van der Waals surface area (Å²) in [6, 6.07) is 0.367. The van der Waals surface area contributed by atoms with Crippen LogP contribution >= 0.6 is 45.2 Å². The van der Waals surface area contributed by atoms with Crippen LogP contribution in [0.15, 0.2) is 0 Å². The Bertz CT molecular complexity index is 191. The lowest BCUT2D eigenvalue weighted by molar-refractivity contribution is -0.132. The van der Waals surface area contributed by atoms with E-state index in [4.69, 9.17) is 0 Å². The standard InChI is InChI=1S/C8H13I2NO/c1-8(2)4-3-5(6(9)10)11-7(8)12/h5-6H,3-4H2,1-2H3,(H,11,12). The number of alkyl halides is 2. The minimum atomic E-state index is -0.154. The summed E-state index contributed by atoms with van der Waals surface area (Å²) >= 11 is 4.71. The zero-order valence-electron chi connectivity index (χ0n) is 7.23. The quantitative estimate of drug-likeness (QED) is 0.539. The van der Waals surface area contributed by atoms with Gasteiger partial charge in [0.25, 0.3) is 0 Å². The summed E-state index contributed by atoms with van der Waals surface area (Å²) in [5, 5.41) is 3.05. The minimum Gasteiger partial charge on any atom is -0.351 e. The molecule has 0 saturated carbocycles. The molecule has 1 aliphatic rings. The van der Waals surface area contributed by atoms with E-state index >= 15 is 0 Å². The molecule has 0 aromatic heterocycles. The van der Waals surface area contributed by atoms with Crippen molar-refractivity contribution in [3.8, 4) is 0 Å². The van der Waals surface area contributed by atoms with Crippen LogP contribution in [0, 0.1) is 5.41 Å². The van der Waals surface area contributed by atoms with Crippen molar-refractivity contribution in [1.82, 2.24) is 5.32 Å². The molecule has 70 valence electrons. The predicted molar refractivity (Wildman–Crippen MR) is 66.8 cm³/mol. The summed E-state index contributed by atoms with van der Waals surface area (Å²) in [4.78, 5) is 11.5. The highest BCUT2D eigenvalue weighted by atomic mass is 127. The number of carbonyl (C=O) groups excluding carboxylic acids is 1. The Morgan fingerprint density at radius 1 is 1.58 bits per heavy atom. The second-order valence-electron chi connectivity index (χ2n) is 3.84. The summed E-state index contributed by atoms with van der Waals surface area (Å²) in [6.07, 6.45) is 2.11. The molecule has 0 radical (unpaired) electrons. The summed E-state index contributed by atoms with van der Waals surface area (Å²) in [7, 11) is 0. The molecular formula is C8H13I2NO. The van der Waals surface area contributed by atoms with E-state index in [-0.39, 0.29) is 11.3 Å². The van der Waals surface area contributed by atoms with E-state index in [1.54, 1.807) is 0 Å². The third-order valence-corrected chi connectivity index (χ3v) is 4.05. The third kappa shape index (κ3) is 2.46. The average Bonchev–Trinajstić information content (AvgIpc) is 1.94. The van der Waals surface area contributed by atoms with Crippen LogP contribution in [-0.2, 0) is 4.79 Å². The first kappa shape index (κ1) is 11.0. The van der Waals surface area contributed by atoms with Gasteiger partial charge in [-0.25, -0.2) is 0 Å². The zero-order valence-corrected chi connectivity index (χ0v) is 11.5. The van der Waals surface area contributed by atoms with Crippen molar-refractivity contribution in [2.75, 3.05) is 0 Å². The number of nitrogens with one attached hydrogen (secondary N) is 1. The summed E-state index contributed by atoms with van der Waals surface area (Å²) in [5.74, 6) is 0.206. The Hall–Kier alpha value is 0.930. The highest BCUT2D eigenvalue weighted by Crippen LogP contribution is 2.31. The van der Waals surface area contributed by atoms with Gasteiger partial charge in [-0.05, 0) is 12.8 Å². The van der Waals surface area contributed by atoms with Gasteiger partial charge < -0.3 is 5.32 Å².